The molecule has 0 radical (unpaired) electrons. The third kappa shape index (κ3) is 3.74. The lowest BCUT2D eigenvalue weighted by Crippen LogP contribution is -2.65. The number of benzene rings is 1. The summed E-state index contributed by atoms with van der Waals surface area (Å²) in [5.41, 5.74) is 0.404. The zero-order valence-corrected chi connectivity index (χ0v) is 15.7. The molecule has 1 N–H and O–H groups in total. The van der Waals surface area contributed by atoms with Crippen molar-refractivity contribution in [3.63, 3.8) is 0 Å². The Morgan fingerprint density at radius 1 is 1.12 bits per heavy atom. The van der Waals surface area contributed by atoms with E-state index in [0.717, 1.165) is 18.5 Å². The summed E-state index contributed by atoms with van der Waals surface area (Å²) in [7, 11) is 0. The minimum absolute atomic E-state index is 0.0740. The Labute approximate surface area is 154 Å². The van der Waals surface area contributed by atoms with Crippen LogP contribution in [0.15, 0.2) is 30.3 Å². The van der Waals surface area contributed by atoms with Crippen LogP contribution in [0.25, 0.3) is 0 Å². The molecule has 1 aromatic rings. The summed E-state index contributed by atoms with van der Waals surface area (Å²) < 4.78 is 0. The first-order chi connectivity index (χ1) is 12.3. The molecule has 6 nitrogen and oxygen atoms in total. The van der Waals surface area contributed by atoms with Crippen molar-refractivity contribution in [1.82, 2.24) is 10.2 Å². The molecule has 2 heterocycles. The van der Waals surface area contributed by atoms with E-state index < -0.39 is 11.5 Å². The number of hydrogen-bond donors (Lipinski definition) is 1. The Bertz CT molecular complexity index is 696. The summed E-state index contributed by atoms with van der Waals surface area (Å²) in [6.45, 7) is 7.31. The topological polar surface area (TPSA) is 69.7 Å². The van der Waals surface area contributed by atoms with Crippen LogP contribution in [0, 0.1) is 11.3 Å². The van der Waals surface area contributed by atoms with Crippen molar-refractivity contribution in [3.05, 3.63) is 30.3 Å². The molecule has 2 aliphatic rings. The number of β-lactam (4-membered cyclic amide) rings is 1. The fraction of sp³-hybridized carbons (Fsp3) is 0.550. The van der Waals surface area contributed by atoms with Gasteiger partial charge in [0.25, 0.3) is 5.91 Å². The van der Waals surface area contributed by atoms with E-state index in [1.807, 2.05) is 51.1 Å². The van der Waals surface area contributed by atoms with Crippen molar-refractivity contribution in [2.75, 3.05) is 24.5 Å². The molecular formula is C20H27N3O3. The number of nitrogens with one attached hydrogen (secondary N) is 1. The smallest absolute Gasteiger partial charge is 0.251 e. The van der Waals surface area contributed by atoms with E-state index in [1.165, 1.54) is 0 Å². The summed E-state index contributed by atoms with van der Waals surface area (Å²) in [6, 6.07) is 8.98. The molecule has 0 unspecified atom stereocenters. The third-order valence-corrected chi connectivity index (χ3v) is 5.03. The number of piperidine rings is 1. The molecule has 2 saturated heterocycles. The van der Waals surface area contributed by atoms with E-state index in [4.69, 9.17) is 0 Å². The van der Waals surface area contributed by atoms with Crippen molar-refractivity contribution >= 4 is 23.4 Å². The van der Waals surface area contributed by atoms with Gasteiger partial charge in [0.1, 0.15) is 6.04 Å². The summed E-state index contributed by atoms with van der Waals surface area (Å²) in [5, 5.41) is 2.87. The van der Waals surface area contributed by atoms with Crippen molar-refractivity contribution in [3.8, 4) is 0 Å². The van der Waals surface area contributed by atoms with Crippen LogP contribution in [0.2, 0.25) is 0 Å². The van der Waals surface area contributed by atoms with Crippen LogP contribution in [0.3, 0.4) is 0 Å². The molecule has 2 aliphatic heterocycles. The number of hydrogen-bond acceptors (Lipinski definition) is 3. The lowest BCUT2D eigenvalue weighted by Gasteiger charge is -2.40. The fourth-order valence-corrected chi connectivity index (χ4v) is 3.51. The van der Waals surface area contributed by atoms with Gasteiger partial charge in [-0.05, 0) is 25.0 Å². The maximum Gasteiger partial charge on any atom is 0.251 e. The molecule has 0 spiro atoms. The van der Waals surface area contributed by atoms with E-state index in [-0.39, 0.29) is 23.6 Å². The second kappa shape index (κ2) is 7.09. The van der Waals surface area contributed by atoms with Gasteiger partial charge in [0, 0.05) is 24.2 Å². The maximum atomic E-state index is 12.6. The van der Waals surface area contributed by atoms with Crippen LogP contribution < -0.4 is 10.2 Å². The minimum Gasteiger partial charge on any atom is -0.342 e. The molecule has 2 fully saturated rings. The first-order valence-corrected chi connectivity index (χ1v) is 9.23. The van der Waals surface area contributed by atoms with E-state index in [9.17, 15) is 14.4 Å². The zero-order chi connectivity index (χ0) is 18.9. The van der Waals surface area contributed by atoms with E-state index >= 15 is 0 Å². The lowest BCUT2D eigenvalue weighted by molar-refractivity contribution is -0.143. The first-order valence-electron chi connectivity index (χ1n) is 9.23. The van der Waals surface area contributed by atoms with Crippen molar-refractivity contribution in [1.29, 1.82) is 0 Å². The van der Waals surface area contributed by atoms with Gasteiger partial charge in [-0.15, -0.1) is 0 Å². The Balaban J connectivity index is 1.54. The van der Waals surface area contributed by atoms with E-state index in [2.05, 4.69) is 5.32 Å². The number of likely N-dealkylation sites (tertiary alicyclic amines) is 1. The minimum atomic E-state index is -0.462. The Hall–Kier alpha value is -2.37. The van der Waals surface area contributed by atoms with Gasteiger partial charge in [0.15, 0.2) is 0 Å². The largest absolute Gasteiger partial charge is 0.342 e. The van der Waals surface area contributed by atoms with Gasteiger partial charge in [-0.25, -0.2) is 0 Å². The first kappa shape index (κ1) is 18.4. The van der Waals surface area contributed by atoms with Crippen LogP contribution in [0.1, 0.15) is 33.6 Å². The number of carbonyl (C=O) groups excluding carboxylic acids is 3. The number of nitrogens with zero attached hydrogens (tertiary/aromatic N) is 2. The molecule has 1 aromatic carbocycles. The summed E-state index contributed by atoms with van der Waals surface area (Å²) in [4.78, 5) is 40.8. The fourth-order valence-electron chi connectivity index (χ4n) is 3.51. The molecule has 0 aromatic heterocycles. The van der Waals surface area contributed by atoms with Gasteiger partial charge in [-0.1, -0.05) is 39.0 Å². The highest BCUT2D eigenvalue weighted by Crippen LogP contribution is 2.25. The van der Waals surface area contributed by atoms with Gasteiger partial charge in [-0.3, -0.25) is 14.4 Å². The molecule has 2 atom stereocenters. The quantitative estimate of drug-likeness (QED) is 0.839. The number of para-hydroxylation sites is 1. The highest BCUT2D eigenvalue weighted by molar-refractivity contribution is 6.05. The Kier molecular flexibility index (Phi) is 5.03. The second-order valence-corrected chi connectivity index (χ2v) is 8.19. The van der Waals surface area contributed by atoms with Crippen LogP contribution in [-0.4, -0.2) is 48.3 Å². The predicted molar refractivity (Wildman–Crippen MR) is 99.5 cm³/mol. The number of carbonyl (C=O) groups is 3. The van der Waals surface area contributed by atoms with Crippen LogP contribution >= 0.6 is 0 Å². The van der Waals surface area contributed by atoms with Crippen LogP contribution in [0.4, 0.5) is 5.69 Å². The van der Waals surface area contributed by atoms with Gasteiger partial charge in [-0.2, -0.15) is 0 Å². The molecule has 3 rings (SSSR count). The van der Waals surface area contributed by atoms with E-state index in [1.54, 1.807) is 9.80 Å². The average molecular weight is 357 g/mol. The summed E-state index contributed by atoms with van der Waals surface area (Å²) >= 11 is 0. The van der Waals surface area contributed by atoms with Gasteiger partial charge in [0.05, 0.1) is 12.5 Å². The third-order valence-electron chi connectivity index (χ3n) is 5.03. The number of amides is 3. The molecule has 0 bridgehead atoms. The SMILES string of the molecule is CC(C)(C)C(=O)N1CCC[C@H](C(=O)N[C@H]2CN(c3ccccc3)C2=O)C1. The molecule has 0 aliphatic carbocycles. The molecule has 0 saturated carbocycles. The molecular weight excluding hydrogens is 330 g/mol. The van der Waals surface area contributed by atoms with Crippen molar-refractivity contribution in [2.45, 2.75) is 39.7 Å². The van der Waals surface area contributed by atoms with Gasteiger partial charge >= 0.3 is 0 Å². The zero-order valence-electron chi connectivity index (χ0n) is 15.7. The molecule has 3 amide bonds. The highest BCUT2D eigenvalue weighted by Gasteiger charge is 2.40. The Morgan fingerprint density at radius 3 is 2.42 bits per heavy atom. The summed E-state index contributed by atoms with van der Waals surface area (Å²) in [5.74, 6) is -0.371. The molecule has 26 heavy (non-hydrogen) atoms. The van der Waals surface area contributed by atoms with E-state index in [0.29, 0.717) is 19.6 Å². The van der Waals surface area contributed by atoms with Crippen LogP contribution in [-0.2, 0) is 14.4 Å². The van der Waals surface area contributed by atoms with Gasteiger partial charge < -0.3 is 15.1 Å². The predicted octanol–water partition coefficient (Wildman–Crippen LogP) is 1.80. The Morgan fingerprint density at radius 2 is 1.81 bits per heavy atom. The standard InChI is InChI=1S/C20H27N3O3/c1-20(2,3)19(26)22-11-7-8-14(12-22)17(24)21-16-13-23(18(16)25)15-9-5-4-6-10-15/h4-6,9-10,14,16H,7-8,11-13H2,1-3H3,(H,21,24)/t14-,16-/m0/s1. The average Bonchev–Trinajstić information content (AvgIpc) is 2.63. The van der Waals surface area contributed by atoms with Crippen molar-refractivity contribution < 1.29 is 14.4 Å². The second-order valence-electron chi connectivity index (χ2n) is 8.19. The lowest BCUT2D eigenvalue weighted by atomic mass is 9.90. The van der Waals surface area contributed by atoms with Gasteiger partial charge in [0.2, 0.25) is 11.8 Å². The monoisotopic (exact) mass is 357 g/mol. The van der Waals surface area contributed by atoms with Crippen LogP contribution in [0.5, 0.6) is 0 Å². The molecule has 6 heteroatoms. The number of rotatable bonds is 3. The summed E-state index contributed by atoms with van der Waals surface area (Å²) in [6.07, 6.45) is 1.57. The van der Waals surface area contributed by atoms with Crippen molar-refractivity contribution in [2.24, 2.45) is 11.3 Å². The highest BCUT2D eigenvalue weighted by atomic mass is 16.2. The maximum absolute atomic E-state index is 12.6. The molecule has 140 valence electrons. The number of anilines is 1. The normalized spacial score (nSPS) is 23.4.